The minimum Gasteiger partial charge on any atom is -0.329 e. The van der Waals surface area contributed by atoms with Crippen LogP contribution in [0.4, 0.5) is 18.9 Å². The maximum atomic E-state index is 12.5. The van der Waals surface area contributed by atoms with E-state index >= 15 is 0 Å². The topological polar surface area (TPSA) is 49.4 Å². The van der Waals surface area contributed by atoms with Gasteiger partial charge in [-0.2, -0.15) is 13.2 Å². The Bertz CT molecular complexity index is 786. The Morgan fingerprint density at radius 2 is 1.73 bits per heavy atom. The van der Waals surface area contributed by atoms with Gasteiger partial charge in [0, 0.05) is 19.2 Å². The third-order valence-corrected chi connectivity index (χ3v) is 3.73. The number of carbonyl (C=O) groups excluding carboxylic acids is 2. The first kappa shape index (κ1) is 19.5. The molecule has 2 amide bonds. The summed E-state index contributed by atoms with van der Waals surface area (Å²) in [5.41, 5.74) is 1.38. The first-order chi connectivity index (χ1) is 12.1. The largest absolute Gasteiger partial charge is 0.416 e. The van der Waals surface area contributed by atoms with Crippen molar-refractivity contribution < 1.29 is 22.8 Å². The number of nitrogens with one attached hydrogen (secondary N) is 1. The smallest absolute Gasteiger partial charge is 0.329 e. The molecule has 7 heteroatoms. The number of amides is 2. The zero-order valence-electron chi connectivity index (χ0n) is 14.4. The summed E-state index contributed by atoms with van der Waals surface area (Å²) in [6.45, 7) is 3.38. The highest BCUT2D eigenvalue weighted by Gasteiger charge is 2.30. The molecule has 0 heterocycles. The Hall–Kier alpha value is -2.83. The molecule has 0 spiro atoms. The number of alkyl halides is 3. The van der Waals surface area contributed by atoms with Crippen molar-refractivity contribution in [3.05, 3.63) is 65.2 Å². The predicted molar refractivity (Wildman–Crippen MR) is 92.3 cm³/mol. The van der Waals surface area contributed by atoms with E-state index in [1.807, 2.05) is 31.2 Å². The molecule has 0 fully saturated rings. The maximum Gasteiger partial charge on any atom is 0.416 e. The molecular formula is C19H19F3N2O2. The van der Waals surface area contributed by atoms with Crippen molar-refractivity contribution in [2.75, 3.05) is 11.9 Å². The molecule has 0 aromatic heterocycles. The summed E-state index contributed by atoms with van der Waals surface area (Å²) >= 11 is 0. The van der Waals surface area contributed by atoms with E-state index in [0.717, 1.165) is 23.3 Å². The SMILES string of the molecule is CC(=O)N(CC(=O)Nc1ccc(C(F)(F)F)cc1)Cc1cccc(C)c1. The van der Waals surface area contributed by atoms with Crippen molar-refractivity contribution in [1.82, 2.24) is 4.90 Å². The van der Waals surface area contributed by atoms with Gasteiger partial charge in [-0.05, 0) is 36.8 Å². The quantitative estimate of drug-likeness (QED) is 0.872. The summed E-state index contributed by atoms with van der Waals surface area (Å²) in [4.78, 5) is 25.3. The maximum absolute atomic E-state index is 12.5. The summed E-state index contributed by atoms with van der Waals surface area (Å²) in [6.07, 6.45) is -4.43. The van der Waals surface area contributed by atoms with Crippen molar-refractivity contribution in [3.8, 4) is 0 Å². The molecular weight excluding hydrogens is 345 g/mol. The highest BCUT2D eigenvalue weighted by Crippen LogP contribution is 2.29. The van der Waals surface area contributed by atoms with E-state index in [1.54, 1.807) is 0 Å². The number of halogens is 3. The summed E-state index contributed by atoms with van der Waals surface area (Å²) in [7, 11) is 0. The average Bonchev–Trinajstić information content (AvgIpc) is 2.53. The fourth-order valence-corrected chi connectivity index (χ4v) is 2.43. The molecule has 0 unspecified atom stereocenters. The molecule has 2 aromatic carbocycles. The third kappa shape index (κ3) is 5.61. The van der Waals surface area contributed by atoms with Crippen LogP contribution >= 0.6 is 0 Å². The van der Waals surface area contributed by atoms with Gasteiger partial charge in [0.1, 0.15) is 6.54 Å². The number of benzene rings is 2. The highest BCUT2D eigenvalue weighted by atomic mass is 19.4. The summed E-state index contributed by atoms with van der Waals surface area (Å²) in [6, 6.07) is 11.7. The second kappa shape index (κ2) is 8.03. The first-order valence-electron chi connectivity index (χ1n) is 7.93. The molecule has 0 saturated heterocycles. The molecule has 0 aliphatic heterocycles. The normalized spacial score (nSPS) is 11.1. The first-order valence-corrected chi connectivity index (χ1v) is 7.93. The van der Waals surface area contributed by atoms with Gasteiger partial charge in [0.15, 0.2) is 0 Å². The van der Waals surface area contributed by atoms with E-state index in [-0.39, 0.29) is 24.7 Å². The van der Waals surface area contributed by atoms with Crippen molar-refractivity contribution in [3.63, 3.8) is 0 Å². The number of carbonyl (C=O) groups is 2. The molecule has 4 nitrogen and oxygen atoms in total. The molecule has 0 radical (unpaired) electrons. The van der Waals surface area contributed by atoms with Gasteiger partial charge in [-0.25, -0.2) is 0 Å². The van der Waals surface area contributed by atoms with Gasteiger partial charge in [0.25, 0.3) is 0 Å². The van der Waals surface area contributed by atoms with Crippen LogP contribution in [0.1, 0.15) is 23.6 Å². The molecule has 2 rings (SSSR count). The summed E-state index contributed by atoms with van der Waals surface area (Å²) < 4.78 is 37.6. The zero-order valence-corrected chi connectivity index (χ0v) is 14.4. The van der Waals surface area contributed by atoms with Crippen molar-refractivity contribution in [2.24, 2.45) is 0 Å². The lowest BCUT2D eigenvalue weighted by Gasteiger charge is -2.21. The monoisotopic (exact) mass is 364 g/mol. The molecule has 0 bridgehead atoms. The van der Waals surface area contributed by atoms with E-state index in [1.165, 1.54) is 24.0 Å². The molecule has 0 aliphatic rings. The van der Waals surface area contributed by atoms with Crippen LogP contribution in [0.2, 0.25) is 0 Å². The molecule has 1 N–H and O–H groups in total. The highest BCUT2D eigenvalue weighted by molar-refractivity contribution is 5.94. The van der Waals surface area contributed by atoms with Crippen molar-refractivity contribution in [2.45, 2.75) is 26.6 Å². The number of rotatable bonds is 5. The van der Waals surface area contributed by atoms with Crippen molar-refractivity contribution in [1.29, 1.82) is 0 Å². The Kier molecular flexibility index (Phi) is 6.02. The van der Waals surface area contributed by atoms with E-state index in [9.17, 15) is 22.8 Å². The van der Waals surface area contributed by atoms with E-state index in [2.05, 4.69) is 5.32 Å². The van der Waals surface area contributed by atoms with Crippen LogP contribution < -0.4 is 5.32 Å². The van der Waals surface area contributed by atoms with Crippen LogP contribution in [0.25, 0.3) is 0 Å². The van der Waals surface area contributed by atoms with Crippen LogP contribution in [0, 0.1) is 6.92 Å². The summed E-state index contributed by atoms with van der Waals surface area (Å²) in [5.74, 6) is -0.748. The predicted octanol–water partition coefficient (Wildman–Crippen LogP) is 4.00. The lowest BCUT2D eigenvalue weighted by molar-refractivity contribution is -0.137. The Labute approximate surface area is 149 Å². The van der Waals surface area contributed by atoms with E-state index in [4.69, 9.17) is 0 Å². The van der Waals surface area contributed by atoms with Gasteiger partial charge < -0.3 is 10.2 Å². The van der Waals surface area contributed by atoms with E-state index < -0.39 is 17.6 Å². The van der Waals surface area contributed by atoms with Crippen LogP contribution in [0.3, 0.4) is 0 Å². The number of hydrogen-bond donors (Lipinski definition) is 1. The second-order valence-electron chi connectivity index (χ2n) is 5.99. The Morgan fingerprint density at radius 3 is 2.27 bits per heavy atom. The standard InChI is InChI=1S/C19H19F3N2O2/c1-13-4-3-5-15(10-13)11-24(14(2)25)12-18(26)23-17-8-6-16(7-9-17)19(20,21)22/h3-10H,11-12H2,1-2H3,(H,23,26). The van der Waals surface area contributed by atoms with Gasteiger partial charge in [-0.3, -0.25) is 9.59 Å². The minimum absolute atomic E-state index is 0.190. The summed E-state index contributed by atoms with van der Waals surface area (Å²) in [5, 5.41) is 2.50. The van der Waals surface area contributed by atoms with Crippen LogP contribution in [-0.2, 0) is 22.3 Å². The van der Waals surface area contributed by atoms with Gasteiger partial charge in [0.2, 0.25) is 11.8 Å². The number of nitrogens with zero attached hydrogens (tertiary/aromatic N) is 1. The fraction of sp³-hybridized carbons (Fsp3) is 0.263. The Balaban J connectivity index is 2.00. The van der Waals surface area contributed by atoms with Gasteiger partial charge in [0.05, 0.1) is 5.56 Å². The molecule has 26 heavy (non-hydrogen) atoms. The molecule has 138 valence electrons. The van der Waals surface area contributed by atoms with Crippen molar-refractivity contribution >= 4 is 17.5 Å². The average molecular weight is 364 g/mol. The lowest BCUT2D eigenvalue weighted by Crippen LogP contribution is -2.36. The third-order valence-electron chi connectivity index (χ3n) is 3.73. The fourth-order valence-electron chi connectivity index (χ4n) is 2.43. The van der Waals surface area contributed by atoms with E-state index in [0.29, 0.717) is 0 Å². The molecule has 0 aliphatic carbocycles. The van der Waals surface area contributed by atoms with Gasteiger partial charge >= 0.3 is 6.18 Å². The van der Waals surface area contributed by atoms with Crippen LogP contribution in [0.5, 0.6) is 0 Å². The zero-order chi connectivity index (χ0) is 19.3. The van der Waals surface area contributed by atoms with Gasteiger partial charge in [-0.15, -0.1) is 0 Å². The van der Waals surface area contributed by atoms with Crippen LogP contribution in [0.15, 0.2) is 48.5 Å². The number of aryl methyl sites for hydroxylation is 1. The number of hydrogen-bond acceptors (Lipinski definition) is 2. The molecule has 2 aromatic rings. The number of anilines is 1. The van der Waals surface area contributed by atoms with Crippen LogP contribution in [-0.4, -0.2) is 23.3 Å². The molecule has 0 saturated carbocycles. The second-order valence-corrected chi connectivity index (χ2v) is 5.99. The Morgan fingerprint density at radius 1 is 1.08 bits per heavy atom. The van der Waals surface area contributed by atoms with Gasteiger partial charge in [-0.1, -0.05) is 29.8 Å². The molecule has 0 atom stereocenters. The lowest BCUT2D eigenvalue weighted by atomic mass is 10.1. The minimum atomic E-state index is -4.43.